The number of rotatable bonds is 8. The molecule has 1 saturated heterocycles. The van der Waals surface area contributed by atoms with Crippen LogP contribution in [0.4, 0.5) is 30.2 Å². The van der Waals surface area contributed by atoms with Crippen molar-refractivity contribution in [2.75, 3.05) is 42.7 Å². The number of benzene rings is 2. The number of hydrogen-bond donors (Lipinski definition) is 3. The summed E-state index contributed by atoms with van der Waals surface area (Å²) in [5.41, 5.74) is 2.84. The number of aliphatic hydroxyl groups excluding tert-OH is 1. The van der Waals surface area contributed by atoms with E-state index < -0.39 is 31.2 Å². The number of nitrogens with zero attached hydrogens (tertiary/aromatic N) is 2. The zero-order chi connectivity index (χ0) is 23.3. The second-order valence-corrected chi connectivity index (χ2v) is 8.23. The van der Waals surface area contributed by atoms with Crippen LogP contribution in [0.15, 0.2) is 48.5 Å². The minimum absolute atomic E-state index is 0.374. The van der Waals surface area contributed by atoms with Gasteiger partial charge in [0, 0.05) is 48.2 Å². The highest BCUT2D eigenvalue weighted by atomic mass is 19.4. The van der Waals surface area contributed by atoms with E-state index in [2.05, 4.69) is 34.5 Å². The van der Waals surface area contributed by atoms with Crippen LogP contribution in [0.3, 0.4) is 0 Å². The van der Waals surface area contributed by atoms with Crippen molar-refractivity contribution in [1.82, 2.24) is 4.90 Å². The molecular weight excluding hydrogens is 421 g/mol. The van der Waals surface area contributed by atoms with E-state index in [1.807, 2.05) is 24.3 Å². The summed E-state index contributed by atoms with van der Waals surface area (Å²) < 4.78 is 36.6. The van der Waals surface area contributed by atoms with E-state index in [4.69, 9.17) is 0 Å². The third-order valence-corrected chi connectivity index (χ3v) is 5.58. The molecule has 0 saturated carbocycles. The zero-order valence-electron chi connectivity index (χ0n) is 18.2. The van der Waals surface area contributed by atoms with Crippen molar-refractivity contribution in [1.29, 1.82) is 0 Å². The summed E-state index contributed by atoms with van der Waals surface area (Å²) in [6.45, 7) is 2.00. The molecule has 3 N–H and O–H groups in total. The molecule has 6 nitrogen and oxygen atoms in total. The number of nitrogens with one attached hydrogen (secondary N) is 2. The average molecular weight is 451 g/mol. The Bertz CT molecular complexity index is 886. The van der Waals surface area contributed by atoms with E-state index in [0.29, 0.717) is 17.3 Å². The van der Waals surface area contributed by atoms with Crippen molar-refractivity contribution < 1.29 is 23.1 Å². The van der Waals surface area contributed by atoms with Crippen LogP contribution >= 0.6 is 0 Å². The van der Waals surface area contributed by atoms with Crippen LogP contribution in [-0.4, -0.2) is 55.3 Å². The second kappa shape index (κ2) is 10.2. The molecule has 0 bridgehead atoms. The summed E-state index contributed by atoms with van der Waals surface area (Å²) in [7, 11) is 4.19. The van der Waals surface area contributed by atoms with Crippen molar-refractivity contribution in [2.45, 2.75) is 37.7 Å². The standard InChI is InChI=1S/C23H29F3N4O2/c1-29(2)20-12-14-30(15-20)19-9-7-18(8-10-19)28-22(32)16-3-5-17(6-4-16)27-21(31)11-13-23(24,25)26/h3-10,20,22,28,32H,11-15H2,1-2H3,(H,27,31). The Labute approximate surface area is 186 Å². The molecular formula is C23H29F3N4O2. The van der Waals surface area contributed by atoms with Crippen molar-refractivity contribution in [3.63, 3.8) is 0 Å². The SMILES string of the molecule is CN(C)C1CCN(c2ccc(NC(O)c3ccc(NC(=O)CCC(F)(F)F)cc3)cc2)C1. The number of carbonyl (C=O) groups is 1. The van der Waals surface area contributed by atoms with E-state index in [-0.39, 0.29) is 0 Å². The van der Waals surface area contributed by atoms with Gasteiger partial charge in [-0.05, 0) is 56.9 Å². The summed E-state index contributed by atoms with van der Waals surface area (Å²) in [5.74, 6) is -0.705. The van der Waals surface area contributed by atoms with Crippen LogP contribution in [0.1, 0.15) is 31.1 Å². The molecule has 1 amide bonds. The highest BCUT2D eigenvalue weighted by molar-refractivity contribution is 5.90. The van der Waals surface area contributed by atoms with Gasteiger partial charge in [0.15, 0.2) is 6.23 Å². The van der Waals surface area contributed by atoms with Crippen molar-refractivity contribution in [2.24, 2.45) is 0 Å². The molecule has 0 spiro atoms. The number of hydrogen-bond acceptors (Lipinski definition) is 5. The molecule has 9 heteroatoms. The normalized spacial score (nSPS) is 17.5. The molecule has 1 fully saturated rings. The van der Waals surface area contributed by atoms with Gasteiger partial charge in [0.1, 0.15) is 0 Å². The maximum Gasteiger partial charge on any atom is 0.389 e. The molecule has 1 aliphatic rings. The number of alkyl halides is 3. The summed E-state index contributed by atoms with van der Waals surface area (Å²) in [5, 5.41) is 15.9. The largest absolute Gasteiger partial charge is 0.389 e. The lowest BCUT2D eigenvalue weighted by Gasteiger charge is -2.22. The highest BCUT2D eigenvalue weighted by Gasteiger charge is 2.28. The van der Waals surface area contributed by atoms with Crippen LogP contribution in [0.5, 0.6) is 0 Å². The van der Waals surface area contributed by atoms with Gasteiger partial charge in [0.2, 0.25) is 5.91 Å². The van der Waals surface area contributed by atoms with E-state index in [1.165, 1.54) is 0 Å². The van der Waals surface area contributed by atoms with E-state index in [1.54, 1.807) is 24.3 Å². The van der Waals surface area contributed by atoms with Crippen LogP contribution in [-0.2, 0) is 4.79 Å². The first kappa shape index (κ1) is 23.9. The summed E-state index contributed by atoms with van der Waals surface area (Å²) >= 11 is 0. The predicted molar refractivity (Wildman–Crippen MR) is 120 cm³/mol. The Morgan fingerprint density at radius 3 is 2.31 bits per heavy atom. The van der Waals surface area contributed by atoms with Gasteiger partial charge in [-0.25, -0.2) is 0 Å². The Morgan fingerprint density at radius 1 is 1.12 bits per heavy atom. The van der Waals surface area contributed by atoms with Crippen LogP contribution in [0.25, 0.3) is 0 Å². The molecule has 1 heterocycles. The Hall–Kier alpha value is -2.78. The highest BCUT2D eigenvalue weighted by Crippen LogP contribution is 2.26. The summed E-state index contributed by atoms with van der Waals surface area (Å²) in [6, 6.07) is 14.7. The first-order valence-electron chi connectivity index (χ1n) is 10.5. The Balaban J connectivity index is 1.51. The molecule has 2 aromatic carbocycles. The maximum absolute atomic E-state index is 12.2. The Morgan fingerprint density at radius 2 is 1.75 bits per heavy atom. The molecule has 3 rings (SSSR count). The third-order valence-electron chi connectivity index (χ3n) is 5.58. The van der Waals surface area contributed by atoms with Crippen LogP contribution in [0, 0.1) is 0 Å². The molecule has 2 atom stereocenters. The molecule has 0 aromatic heterocycles. The second-order valence-electron chi connectivity index (χ2n) is 8.23. The van der Waals surface area contributed by atoms with Crippen molar-refractivity contribution in [3.05, 3.63) is 54.1 Å². The van der Waals surface area contributed by atoms with E-state index in [0.717, 1.165) is 30.9 Å². The van der Waals surface area contributed by atoms with Gasteiger partial charge in [0.05, 0.1) is 6.42 Å². The Kier molecular flexibility index (Phi) is 7.63. The van der Waals surface area contributed by atoms with E-state index in [9.17, 15) is 23.1 Å². The van der Waals surface area contributed by atoms with Gasteiger partial charge in [-0.15, -0.1) is 0 Å². The molecule has 0 aliphatic carbocycles. The van der Waals surface area contributed by atoms with Gasteiger partial charge in [-0.3, -0.25) is 4.79 Å². The van der Waals surface area contributed by atoms with Crippen LogP contribution < -0.4 is 15.5 Å². The fourth-order valence-corrected chi connectivity index (χ4v) is 3.64. The topological polar surface area (TPSA) is 67.8 Å². The van der Waals surface area contributed by atoms with Gasteiger partial charge in [-0.1, -0.05) is 12.1 Å². The minimum Gasteiger partial charge on any atom is -0.370 e. The molecule has 2 aromatic rings. The quantitative estimate of drug-likeness (QED) is 0.526. The molecule has 174 valence electrons. The lowest BCUT2D eigenvalue weighted by Crippen LogP contribution is -2.31. The first-order valence-corrected chi connectivity index (χ1v) is 10.5. The summed E-state index contributed by atoms with van der Waals surface area (Å²) in [4.78, 5) is 16.2. The zero-order valence-corrected chi connectivity index (χ0v) is 18.2. The summed E-state index contributed by atoms with van der Waals surface area (Å²) in [6.07, 6.45) is -5.99. The number of aliphatic hydroxyl groups is 1. The van der Waals surface area contributed by atoms with Gasteiger partial charge in [0.25, 0.3) is 0 Å². The van der Waals surface area contributed by atoms with Gasteiger partial charge < -0.3 is 25.5 Å². The molecule has 32 heavy (non-hydrogen) atoms. The molecule has 0 radical (unpaired) electrons. The van der Waals surface area contributed by atoms with Gasteiger partial charge in [-0.2, -0.15) is 13.2 Å². The minimum atomic E-state index is -4.36. The smallest absolute Gasteiger partial charge is 0.370 e. The predicted octanol–water partition coefficient (Wildman–Crippen LogP) is 4.21. The fraction of sp³-hybridized carbons (Fsp3) is 0.435. The number of carbonyl (C=O) groups excluding carboxylic acids is 1. The molecule has 2 unspecified atom stereocenters. The monoisotopic (exact) mass is 450 g/mol. The third kappa shape index (κ3) is 6.86. The maximum atomic E-state index is 12.2. The van der Waals surface area contributed by atoms with E-state index >= 15 is 0 Å². The van der Waals surface area contributed by atoms with Crippen molar-refractivity contribution in [3.8, 4) is 0 Å². The number of amides is 1. The number of anilines is 3. The number of halogens is 3. The average Bonchev–Trinajstić information content (AvgIpc) is 3.23. The van der Waals surface area contributed by atoms with Crippen molar-refractivity contribution >= 4 is 23.0 Å². The molecule has 1 aliphatic heterocycles. The van der Waals surface area contributed by atoms with Crippen LogP contribution in [0.2, 0.25) is 0 Å². The lowest BCUT2D eigenvalue weighted by atomic mass is 10.1. The fourth-order valence-electron chi connectivity index (χ4n) is 3.64. The first-order chi connectivity index (χ1) is 15.1. The number of likely N-dealkylation sites (N-methyl/N-ethyl adjacent to an activating group) is 1. The lowest BCUT2D eigenvalue weighted by molar-refractivity contribution is -0.142. The van der Waals surface area contributed by atoms with Gasteiger partial charge >= 0.3 is 6.18 Å².